The maximum absolute atomic E-state index is 12.4. The first-order chi connectivity index (χ1) is 9.50. The van der Waals surface area contributed by atoms with Crippen LogP contribution < -0.4 is 10.1 Å². The monoisotopic (exact) mass is 316 g/mol. The predicted octanol–water partition coefficient (Wildman–Crippen LogP) is 2.58. The molecule has 1 unspecified atom stereocenters. The smallest absolute Gasteiger partial charge is 0.263 e. The highest BCUT2D eigenvalue weighted by Crippen LogP contribution is 2.32. The van der Waals surface area contributed by atoms with Crippen molar-refractivity contribution in [3.8, 4) is 5.75 Å². The third-order valence-corrected chi connectivity index (χ3v) is 4.15. The van der Waals surface area contributed by atoms with Gasteiger partial charge in [-0.05, 0) is 26.0 Å². The van der Waals surface area contributed by atoms with Crippen LogP contribution in [0.25, 0.3) is 0 Å². The molecule has 2 atom stereocenters. The normalized spacial score (nSPS) is 20.6. The zero-order valence-electron chi connectivity index (χ0n) is 11.5. The summed E-state index contributed by atoms with van der Waals surface area (Å²) in [6, 6.07) is 5.30. The number of hydrogen-bond acceptors (Lipinski definition) is 3. The Morgan fingerprint density at radius 2 is 2.25 bits per heavy atom. The summed E-state index contributed by atoms with van der Waals surface area (Å²) >= 11 is 12.0. The molecule has 1 aliphatic heterocycles. The fraction of sp³-hybridized carbons (Fsp3) is 0.500. The van der Waals surface area contributed by atoms with Crippen molar-refractivity contribution in [1.29, 1.82) is 0 Å². The number of piperazine rings is 1. The maximum atomic E-state index is 12.4. The number of hydrogen-bond donors (Lipinski definition) is 1. The summed E-state index contributed by atoms with van der Waals surface area (Å²) in [5, 5.41) is 4.00. The Hall–Kier alpha value is -0.970. The van der Waals surface area contributed by atoms with Crippen molar-refractivity contribution in [3.05, 3.63) is 28.2 Å². The van der Waals surface area contributed by atoms with Gasteiger partial charge in [0.25, 0.3) is 5.91 Å². The van der Waals surface area contributed by atoms with E-state index < -0.39 is 6.10 Å². The molecule has 2 rings (SSSR count). The molecule has 1 fully saturated rings. The molecule has 1 aromatic carbocycles. The highest BCUT2D eigenvalue weighted by atomic mass is 35.5. The van der Waals surface area contributed by atoms with E-state index in [0.717, 1.165) is 13.1 Å². The maximum Gasteiger partial charge on any atom is 0.263 e. The van der Waals surface area contributed by atoms with Gasteiger partial charge >= 0.3 is 0 Å². The minimum atomic E-state index is -0.591. The largest absolute Gasteiger partial charge is 0.479 e. The van der Waals surface area contributed by atoms with Gasteiger partial charge in [0, 0.05) is 25.7 Å². The number of carbonyl (C=O) groups is 1. The quantitative estimate of drug-likeness (QED) is 0.932. The summed E-state index contributed by atoms with van der Waals surface area (Å²) in [6.07, 6.45) is -0.591. The summed E-state index contributed by atoms with van der Waals surface area (Å²) in [4.78, 5) is 14.2. The Morgan fingerprint density at radius 3 is 2.95 bits per heavy atom. The number of nitrogens with zero attached hydrogens (tertiary/aromatic N) is 1. The average molecular weight is 317 g/mol. The lowest BCUT2D eigenvalue weighted by molar-refractivity contribution is -0.140. The SMILES string of the molecule is CC(Oc1cccc(Cl)c1Cl)C(=O)N1CCNC[C@@H]1C. The third kappa shape index (κ3) is 3.37. The minimum absolute atomic E-state index is 0.0324. The van der Waals surface area contributed by atoms with Gasteiger partial charge in [-0.25, -0.2) is 0 Å². The molecule has 0 radical (unpaired) electrons. The van der Waals surface area contributed by atoms with E-state index in [1.165, 1.54) is 0 Å². The second-order valence-corrected chi connectivity index (χ2v) is 5.68. The lowest BCUT2D eigenvalue weighted by Crippen LogP contribution is -2.55. The van der Waals surface area contributed by atoms with Gasteiger partial charge in [-0.3, -0.25) is 4.79 Å². The number of benzene rings is 1. The fourth-order valence-corrected chi connectivity index (χ4v) is 2.55. The molecular weight excluding hydrogens is 299 g/mol. The van der Waals surface area contributed by atoms with Crippen LogP contribution in [0, 0.1) is 0 Å². The van der Waals surface area contributed by atoms with Crippen LogP contribution in [-0.2, 0) is 4.79 Å². The van der Waals surface area contributed by atoms with Gasteiger partial charge in [-0.2, -0.15) is 0 Å². The van der Waals surface area contributed by atoms with Crippen LogP contribution in [0.15, 0.2) is 18.2 Å². The third-order valence-electron chi connectivity index (χ3n) is 3.35. The molecule has 110 valence electrons. The second kappa shape index (κ2) is 6.66. The molecule has 0 saturated carbocycles. The molecule has 0 spiro atoms. The fourth-order valence-electron chi connectivity index (χ4n) is 2.22. The van der Waals surface area contributed by atoms with Gasteiger partial charge in [0.15, 0.2) is 6.10 Å². The van der Waals surface area contributed by atoms with E-state index in [0.29, 0.717) is 22.3 Å². The number of ether oxygens (including phenoxy) is 1. The lowest BCUT2D eigenvalue weighted by atomic mass is 10.2. The van der Waals surface area contributed by atoms with Crippen molar-refractivity contribution < 1.29 is 9.53 Å². The molecule has 1 heterocycles. The molecule has 4 nitrogen and oxygen atoms in total. The van der Waals surface area contributed by atoms with Crippen LogP contribution in [0.4, 0.5) is 0 Å². The first-order valence-corrected chi connectivity index (χ1v) is 7.38. The zero-order chi connectivity index (χ0) is 14.7. The molecule has 0 aromatic heterocycles. The van der Waals surface area contributed by atoms with Crippen LogP contribution in [0.5, 0.6) is 5.75 Å². The lowest BCUT2D eigenvalue weighted by Gasteiger charge is -2.35. The van der Waals surface area contributed by atoms with E-state index in [1.54, 1.807) is 25.1 Å². The van der Waals surface area contributed by atoms with Crippen molar-refractivity contribution in [3.63, 3.8) is 0 Å². The molecule has 1 saturated heterocycles. The highest BCUT2D eigenvalue weighted by molar-refractivity contribution is 6.42. The Balaban J connectivity index is 2.05. The van der Waals surface area contributed by atoms with Crippen LogP contribution in [-0.4, -0.2) is 42.6 Å². The molecule has 1 aromatic rings. The topological polar surface area (TPSA) is 41.6 Å². The summed E-state index contributed by atoms with van der Waals surface area (Å²) in [5.74, 6) is 0.401. The Labute approximate surface area is 129 Å². The van der Waals surface area contributed by atoms with Crippen LogP contribution in [0.1, 0.15) is 13.8 Å². The van der Waals surface area contributed by atoms with Crippen molar-refractivity contribution >= 4 is 29.1 Å². The minimum Gasteiger partial charge on any atom is -0.479 e. The molecule has 1 aliphatic rings. The van der Waals surface area contributed by atoms with Crippen LogP contribution in [0.3, 0.4) is 0 Å². The van der Waals surface area contributed by atoms with Gasteiger partial charge in [-0.1, -0.05) is 29.3 Å². The van der Waals surface area contributed by atoms with Crippen molar-refractivity contribution in [2.75, 3.05) is 19.6 Å². The molecule has 20 heavy (non-hydrogen) atoms. The number of amides is 1. The average Bonchev–Trinajstić information content (AvgIpc) is 2.43. The molecule has 6 heteroatoms. The number of nitrogens with one attached hydrogen (secondary N) is 1. The Kier molecular flexibility index (Phi) is 5.13. The van der Waals surface area contributed by atoms with Gasteiger partial charge in [0.2, 0.25) is 0 Å². The van der Waals surface area contributed by atoms with Gasteiger partial charge < -0.3 is 15.0 Å². The molecule has 0 aliphatic carbocycles. The highest BCUT2D eigenvalue weighted by Gasteiger charge is 2.28. The molecule has 1 N–H and O–H groups in total. The van der Waals surface area contributed by atoms with E-state index in [-0.39, 0.29) is 11.9 Å². The standard InChI is InChI=1S/C14H18Cl2N2O2/c1-9-8-17-6-7-18(9)14(19)10(2)20-12-5-3-4-11(15)13(12)16/h3-5,9-10,17H,6-8H2,1-2H3/t9-,10?/m0/s1. The predicted molar refractivity (Wildman–Crippen MR) is 80.6 cm³/mol. The van der Waals surface area contributed by atoms with E-state index in [4.69, 9.17) is 27.9 Å². The van der Waals surface area contributed by atoms with E-state index in [2.05, 4.69) is 5.32 Å². The van der Waals surface area contributed by atoms with E-state index in [1.807, 2.05) is 11.8 Å². The van der Waals surface area contributed by atoms with Gasteiger partial charge in [0.05, 0.1) is 5.02 Å². The molecule has 0 bridgehead atoms. The van der Waals surface area contributed by atoms with Crippen molar-refractivity contribution in [2.24, 2.45) is 0 Å². The molecule has 1 amide bonds. The summed E-state index contributed by atoms with van der Waals surface area (Å²) in [5.41, 5.74) is 0. The molecular formula is C14H18Cl2N2O2. The van der Waals surface area contributed by atoms with Gasteiger partial charge in [0.1, 0.15) is 10.8 Å². The van der Waals surface area contributed by atoms with Crippen molar-refractivity contribution in [2.45, 2.75) is 26.0 Å². The van der Waals surface area contributed by atoms with Crippen LogP contribution >= 0.6 is 23.2 Å². The summed E-state index contributed by atoms with van der Waals surface area (Å²) in [6.45, 7) is 6.05. The number of rotatable bonds is 3. The zero-order valence-corrected chi connectivity index (χ0v) is 13.0. The van der Waals surface area contributed by atoms with Crippen molar-refractivity contribution in [1.82, 2.24) is 10.2 Å². The Bertz CT molecular complexity index is 496. The number of carbonyl (C=O) groups excluding carboxylic acids is 1. The second-order valence-electron chi connectivity index (χ2n) is 4.90. The van der Waals surface area contributed by atoms with E-state index in [9.17, 15) is 4.79 Å². The summed E-state index contributed by atoms with van der Waals surface area (Å²) in [7, 11) is 0. The first kappa shape index (κ1) is 15.4. The van der Waals surface area contributed by atoms with Gasteiger partial charge in [-0.15, -0.1) is 0 Å². The van der Waals surface area contributed by atoms with E-state index >= 15 is 0 Å². The number of halogens is 2. The van der Waals surface area contributed by atoms with Crippen LogP contribution in [0.2, 0.25) is 10.0 Å². The first-order valence-electron chi connectivity index (χ1n) is 6.62. The Morgan fingerprint density at radius 1 is 1.50 bits per heavy atom. The summed E-state index contributed by atoms with van der Waals surface area (Å²) < 4.78 is 5.66.